The number of aliphatic carboxylic acids is 1. The van der Waals surface area contributed by atoms with E-state index in [1.165, 1.54) is 0 Å². The molecule has 1 fully saturated rings. The van der Waals surface area contributed by atoms with Gasteiger partial charge < -0.3 is 10.8 Å². The minimum atomic E-state index is -3.15. The van der Waals surface area contributed by atoms with Crippen LogP contribution < -0.4 is 5.73 Å². The maximum Gasteiger partial charge on any atom is 0.321 e. The van der Waals surface area contributed by atoms with Gasteiger partial charge in [-0.15, -0.1) is 0 Å². The lowest BCUT2D eigenvalue weighted by Gasteiger charge is -2.02. The van der Waals surface area contributed by atoms with Gasteiger partial charge in [0.1, 0.15) is 6.04 Å². The van der Waals surface area contributed by atoms with Crippen LogP contribution in [0.1, 0.15) is 0 Å². The van der Waals surface area contributed by atoms with Crippen molar-refractivity contribution in [1.82, 2.24) is 0 Å². The van der Waals surface area contributed by atoms with Crippen LogP contribution in [0.3, 0.4) is 0 Å². The van der Waals surface area contributed by atoms with Crippen LogP contribution in [0.15, 0.2) is 0 Å². The van der Waals surface area contributed by atoms with E-state index in [1.807, 2.05) is 0 Å². The average molecular weight is 197 g/mol. The monoisotopic (exact) mass is 197 g/mol. The summed E-state index contributed by atoms with van der Waals surface area (Å²) in [6.45, 7) is -0.599. The number of carbonyl (C=O) groups is 1. The lowest BCUT2D eigenvalue weighted by molar-refractivity contribution is -0.249. The first-order chi connectivity index (χ1) is 5.92. The van der Waals surface area contributed by atoms with Crippen LogP contribution in [0.2, 0.25) is 0 Å². The van der Waals surface area contributed by atoms with Crippen LogP contribution in [0.5, 0.6) is 0 Å². The fourth-order valence-corrected chi connectivity index (χ4v) is 1.35. The smallest absolute Gasteiger partial charge is 0.321 e. The van der Waals surface area contributed by atoms with Gasteiger partial charge >= 0.3 is 5.97 Å². The molecule has 0 aromatic rings. The molecule has 1 aliphatic rings. The average Bonchev–Trinajstić information content (AvgIpc) is 2.53. The zero-order valence-electron chi connectivity index (χ0n) is 6.48. The molecule has 0 aromatic heterocycles. The normalized spacial score (nSPS) is 32.6. The molecule has 4 N–H and O–H groups in total. The molecule has 3 unspecified atom stereocenters. The zero-order valence-corrected chi connectivity index (χ0v) is 6.48. The fraction of sp³-hybridized carbons (Fsp3) is 0.833. The SMILES string of the molecule is NC(C(=O)O)C1C(COO)C1(F)F. The summed E-state index contributed by atoms with van der Waals surface area (Å²) < 4.78 is 25.4. The van der Waals surface area contributed by atoms with Gasteiger partial charge in [-0.3, -0.25) is 10.1 Å². The largest absolute Gasteiger partial charge is 0.480 e. The number of alkyl halides is 2. The van der Waals surface area contributed by atoms with E-state index in [9.17, 15) is 13.6 Å². The zero-order chi connectivity index (χ0) is 10.2. The van der Waals surface area contributed by atoms with Crippen LogP contribution in [0.4, 0.5) is 8.78 Å². The molecule has 1 rings (SSSR count). The summed E-state index contributed by atoms with van der Waals surface area (Å²) in [7, 11) is 0. The van der Waals surface area contributed by atoms with Crippen molar-refractivity contribution < 1.29 is 28.8 Å². The summed E-state index contributed by atoms with van der Waals surface area (Å²) in [5, 5.41) is 16.3. The molecule has 0 heterocycles. The van der Waals surface area contributed by atoms with Crippen LogP contribution in [0, 0.1) is 11.8 Å². The molecule has 3 atom stereocenters. The molecule has 0 aliphatic heterocycles. The summed E-state index contributed by atoms with van der Waals surface area (Å²) in [4.78, 5) is 13.8. The number of hydrogen-bond donors (Lipinski definition) is 3. The van der Waals surface area contributed by atoms with Gasteiger partial charge in [0.25, 0.3) is 5.92 Å². The van der Waals surface area contributed by atoms with E-state index in [-0.39, 0.29) is 0 Å². The number of carboxylic acids is 1. The van der Waals surface area contributed by atoms with Crippen molar-refractivity contribution in [3.05, 3.63) is 0 Å². The Labute approximate surface area is 72.0 Å². The molecule has 0 saturated heterocycles. The highest BCUT2D eigenvalue weighted by Gasteiger charge is 2.71. The van der Waals surface area contributed by atoms with Crippen LogP contribution in [-0.4, -0.2) is 34.9 Å². The van der Waals surface area contributed by atoms with Crippen molar-refractivity contribution in [1.29, 1.82) is 0 Å². The van der Waals surface area contributed by atoms with Crippen LogP contribution in [-0.2, 0) is 9.68 Å². The Morgan fingerprint density at radius 1 is 1.69 bits per heavy atom. The van der Waals surface area contributed by atoms with E-state index < -0.39 is 36.4 Å². The maximum atomic E-state index is 12.7. The van der Waals surface area contributed by atoms with Gasteiger partial charge in [0.05, 0.1) is 18.4 Å². The summed E-state index contributed by atoms with van der Waals surface area (Å²) in [6, 6.07) is -1.62. The van der Waals surface area contributed by atoms with Crippen LogP contribution in [0.25, 0.3) is 0 Å². The molecule has 5 nitrogen and oxygen atoms in total. The van der Waals surface area contributed by atoms with Crippen molar-refractivity contribution in [2.75, 3.05) is 6.61 Å². The maximum absolute atomic E-state index is 12.7. The minimum absolute atomic E-state index is 0.599. The Bertz CT molecular complexity index is 223. The molecule has 0 bridgehead atoms. The third-order valence-electron chi connectivity index (χ3n) is 2.19. The lowest BCUT2D eigenvalue weighted by Crippen LogP contribution is -2.34. The molecular formula is C6H9F2NO4. The van der Waals surface area contributed by atoms with Crippen molar-refractivity contribution in [3.8, 4) is 0 Å². The molecule has 1 saturated carbocycles. The second kappa shape index (κ2) is 3.17. The van der Waals surface area contributed by atoms with Crippen molar-refractivity contribution in [2.45, 2.75) is 12.0 Å². The highest BCUT2D eigenvalue weighted by molar-refractivity contribution is 5.74. The Morgan fingerprint density at radius 3 is 2.62 bits per heavy atom. The Balaban J connectivity index is 2.59. The minimum Gasteiger partial charge on any atom is -0.480 e. The summed E-state index contributed by atoms with van der Waals surface area (Å²) in [5.41, 5.74) is 5.00. The van der Waals surface area contributed by atoms with Gasteiger partial charge in [-0.1, -0.05) is 0 Å². The summed E-state index contributed by atoms with van der Waals surface area (Å²) in [5.74, 6) is -7.38. The first kappa shape index (κ1) is 10.3. The summed E-state index contributed by atoms with van der Waals surface area (Å²) in [6.07, 6.45) is 0. The van der Waals surface area contributed by atoms with Gasteiger partial charge in [0, 0.05) is 0 Å². The van der Waals surface area contributed by atoms with E-state index in [2.05, 4.69) is 4.89 Å². The molecule has 13 heavy (non-hydrogen) atoms. The first-order valence-corrected chi connectivity index (χ1v) is 3.55. The first-order valence-electron chi connectivity index (χ1n) is 3.55. The highest BCUT2D eigenvalue weighted by atomic mass is 19.3. The predicted octanol–water partition coefficient (Wildman–Crippen LogP) is -0.231. The molecule has 0 aromatic carbocycles. The second-order valence-electron chi connectivity index (χ2n) is 2.97. The number of nitrogens with two attached hydrogens (primary N) is 1. The van der Waals surface area contributed by atoms with Crippen molar-refractivity contribution in [3.63, 3.8) is 0 Å². The van der Waals surface area contributed by atoms with E-state index in [1.54, 1.807) is 0 Å². The van der Waals surface area contributed by atoms with E-state index >= 15 is 0 Å². The molecule has 0 spiro atoms. The Hall–Kier alpha value is -0.790. The van der Waals surface area contributed by atoms with Crippen molar-refractivity contribution in [2.24, 2.45) is 17.6 Å². The predicted molar refractivity (Wildman–Crippen MR) is 36.1 cm³/mol. The number of rotatable bonds is 4. The Kier molecular flexibility index (Phi) is 2.51. The molecule has 0 radical (unpaired) electrons. The molecule has 7 heteroatoms. The van der Waals surface area contributed by atoms with E-state index in [0.717, 1.165) is 0 Å². The van der Waals surface area contributed by atoms with Gasteiger partial charge in [0.15, 0.2) is 0 Å². The molecule has 1 aliphatic carbocycles. The van der Waals surface area contributed by atoms with E-state index in [0.29, 0.717) is 0 Å². The number of hydrogen-bond acceptors (Lipinski definition) is 4. The quantitative estimate of drug-likeness (QED) is 0.427. The Morgan fingerprint density at radius 2 is 2.23 bits per heavy atom. The number of halogens is 2. The standard InChI is InChI=1S/C6H9F2NO4/c7-6(8)2(1-13-12)3(6)4(9)5(10)11/h2-4,12H,1,9H2,(H,10,11). The van der Waals surface area contributed by atoms with Crippen LogP contribution >= 0.6 is 0 Å². The molecule has 76 valence electrons. The third kappa shape index (κ3) is 1.62. The molecule has 0 amide bonds. The topological polar surface area (TPSA) is 92.8 Å². The van der Waals surface area contributed by atoms with Gasteiger partial charge in [-0.2, -0.15) is 0 Å². The van der Waals surface area contributed by atoms with Gasteiger partial charge in [-0.05, 0) is 0 Å². The molecular weight excluding hydrogens is 188 g/mol. The highest BCUT2D eigenvalue weighted by Crippen LogP contribution is 2.56. The van der Waals surface area contributed by atoms with Gasteiger partial charge in [0.2, 0.25) is 0 Å². The number of carboxylic acid groups (broad SMARTS) is 1. The fourth-order valence-electron chi connectivity index (χ4n) is 1.35. The second-order valence-corrected chi connectivity index (χ2v) is 2.97. The van der Waals surface area contributed by atoms with Crippen molar-refractivity contribution >= 4 is 5.97 Å². The van der Waals surface area contributed by atoms with Gasteiger partial charge in [-0.25, -0.2) is 13.7 Å². The van der Waals surface area contributed by atoms with E-state index in [4.69, 9.17) is 16.1 Å². The lowest BCUT2D eigenvalue weighted by atomic mass is 10.2. The third-order valence-corrected chi connectivity index (χ3v) is 2.19. The summed E-state index contributed by atoms with van der Waals surface area (Å²) >= 11 is 0.